The molecule has 0 unspecified atom stereocenters. The fourth-order valence-corrected chi connectivity index (χ4v) is 1.66. The molecule has 0 aromatic heterocycles. The molecule has 110 valence electrons. The van der Waals surface area contributed by atoms with Crippen molar-refractivity contribution in [2.24, 2.45) is 5.41 Å². The molecule has 0 heterocycles. The van der Waals surface area contributed by atoms with Crippen molar-refractivity contribution in [3.05, 3.63) is 27.8 Å². The summed E-state index contributed by atoms with van der Waals surface area (Å²) in [5.74, 6) is 0.564. The van der Waals surface area contributed by atoms with E-state index in [1.165, 1.54) is 26.4 Å². The summed E-state index contributed by atoms with van der Waals surface area (Å²) in [5.41, 5.74) is -0.367. The van der Waals surface area contributed by atoms with Crippen LogP contribution in [0.1, 0.15) is 26.3 Å². The van der Waals surface area contributed by atoms with Crippen LogP contribution >= 0.6 is 0 Å². The second-order valence-corrected chi connectivity index (χ2v) is 5.44. The highest BCUT2D eigenvalue weighted by atomic mass is 16.6. The van der Waals surface area contributed by atoms with Crippen LogP contribution in [0.15, 0.2) is 12.1 Å². The van der Waals surface area contributed by atoms with Gasteiger partial charge in [0.25, 0.3) is 5.69 Å². The number of nitro groups is 1. The van der Waals surface area contributed by atoms with Gasteiger partial charge in [-0.3, -0.25) is 14.9 Å². The molecule has 1 aromatic rings. The molecule has 0 radical (unpaired) electrons. The lowest BCUT2D eigenvalue weighted by atomic mass is 9.86. The minimum Gasteiger partial charge on any atom is -0.493 e. The Bertz CT molecular complexity index is 531. The predicted molar refractivity (Wildman–Crippen MR) is 74.4 cm³/mol. The lowest BCUT2D eigenvalue weighted by Crippen LogP contribution is -2.22. The number of ketones is 1. The number of Topliss-reactive ketones (excluding diaryl/α,β-unsaturated/α-hetero) is 1. The molecule has 20 heavy (non-hydrogen) atoms. The molecule has 0 aliphatic rings. The van der Waals surface area contributed by atoms with E-state index in [1.54, 1.807) is 20.8 Å². The zero-order valence-electron chi connectivity index (χ0n) is 12.4. The van der Waals surface area contributed by atoms with Gasteiger partial charge in [0.15, 0.2) is 11.5 Å². The van der Waals surface area contributed by atoms with Crippen molar-refractivity contribution in [2.45, 2.75) is 27.2 Å². The monoisotopic (exact) mass is 281 g/mol. The molecule has 0 aliphatic heterocycles. The Morgan fingerprint density at radius 1 is 1.20 bits per heavy atom. The summed E-state index contributed by atoms with van der Waals surface area (Å²) < 4.78 is 10.2. The minimum atomic E-state index is -0.555. The van der Waals surface area contributed by atoms with E-state index in [-0.39, 0.29) is 23.6 Å². The van der Waals surface area contributed by atoms with Crippen LogP contribution in [-0.4, -0.2) is 24.9 Å². The number of rotatable bonds is 5. The molecule has 0 saturated heterocycles. The lowest BCUT2D eigenvalue weighted by Gasteiger charge is -2.17. The molecule has 6 nitrogen and oxygen atoms in total. The van der Waals surface area contributed by atoms with E-state index in [4.69, 9.17) is 9.47 Å². The molecule has 0 aliphatic carbocycles. The number of hydrogen-bond acceptors (Lipinski definition) is 5. The van der Waals surface area contributed by atoms with Gasteiger partial charge >= 0.3 is 0 Å². The van der Waals surface area contributed by atoms with Gasteiger partial charge < -0.3 is 9.47 Å². The second-order valence-electron chi connectivity index (χ2n) is 5.44. The predicted octanol–water partition coefficient (Wildman–Crippen LogP) is 2.77. The molecular weight excluding hydrogens is 262 g/mol. The zero-order valence-corrected chi connectivity index (χ0v) is 12.4. The third-order valence-electron chi connectivity index (χ3n) is 2.97. The Morgan fingerprint density at radius 3 is 2.10 bits per heavy atom. The Kier molecular flexibility index (Phi) is 4.70. The van der Waals surface area contributed by atoms with Gasteiger partial charge in [-0.1, -0.05) is 20.8 Å². The van der Waals surface area contributed by atoms with E-state index < -0.39 is 10.3 Å². The summed E-state index contributed by atoms with van der Waals surface area (Å²) >= 11 is 0. The molecule has 0 fully saturated rings. The normalized spacial score (nSPS) is 11.1. The highest BCUT2D eigenvalue weighted by Crippen LogP contribution is 2.35. The lowest BCUT2D eigenvalue weighted by molar-refractivity contribution is -0.385. The average Bonchev–Trinajstić information content (AvgIpc) is 2.36. The molecule has 0 N–H and O–H groups in total. The highest BCUT2D eigenvalue weighted by molar-refractivity contribution is 5.86. The molecule has 0 saturated carbocycles. The van der Waals surface area contributed by atoms with Crippen LogP contribution in [-0.2, 0) is 11.2 Å². The average molecular weight is 281 g/mol. The van der Waals surface area contributed by atoms with Crippen molar-refractivity contribution in [1.29, 1.82) is 0 Å². The number of ether oxygens (including phenoxy) is 2. The van der Waals surface area contributed by atoms with Crippen LogP contribution in [0.4, 0.5) is 5.69 Å². The first-order valence-corrected chi connectivity index (χ1v) is 6.13. The minimum absolute atomic E-state index is 0.0137. The van der Waals surface area contributed by atoms with Gasteiger partial charge in [-0.05, 0) is 6.07 Å². The first kappa shape index (κ1) is 15.9. The van der Waals surface area contributed by atoms with Crippen LogP contribution < -0.4 is 9.47 Å². The quantitative estimate of drug-likeness (QED) is 0.612. The van der Waals surface area contributed by atoms with E-state index in [0.29, 0.717) is 11.3 Å². The number of nitrogens with zero attached hydrogens (tertiary/aromatic N) is 1. The summed E-state index contributed by atoms with van der Waals surface area (Å²) in [6.45, 7) is 5.34. The topological polar surface area (TPSA) is 78.7 Å². The Hall–Kier alpha value is -2.11. The van der Waals surface area contributed by atoms with Crippen molar-refractivity contribution >= 4 is 11.5 Å². The van der Waals surface area contributed by atoms with Gasteiger partial charge in [0.1, 0.15) is 5.78 Å². The largest absolute Gasteiger partial charge is 0.493 e. The van der Waals surface area contributed by atoms with Crippen molar-refractivity contribution in [3.63, 3.8) is 0 Å². The number of benzene rings is 1. The molecule has 0 bridgehead atoms. The molecule has 0 amide bonds. The van der Waals surface area contributed by atoms with Crippen molar-refractivity contribution < 1.29 is 19.2 Å². The van der Waals surface area contributed by atoms with Crippen LogP contribution in [0.3, 0.4) is 0 Å². The van der Waals surface area contributed by atoms with Gasteiger partial charge in [-0.15, -0.1) is 0 Å². The molecule has 1 rings (SSSR count). The van der Waals surface area contributed by atoms with E-state index in [0.717, 1.165) is 0 Å². The van der Waals surface area contributed by atoms with E-state index >= 15 is 0 Å². The standard InChI is InChI=1S/C14H19NO5/c1-14(2,3)13(16)7-9-6-11(19-4)12(20-5)8-10(9)15(17)18/h6,8H,7H2,1-5H3. The molecular formula is C14H19NO5. The van der Waals surface area contributed by atoms with Gasteiger partial charge in [-0.25, -0.2) is 0 Å². The zero-order chi connectivity index (χ0) is 15.5. The molecule has 0 spiro atoms. The Labute approximate surface area is 117 Å². The maximum absolute atomic E-state index is 12.1. The van der Waals surface area contributed by atoms with Crippen molar-refractivity contribution in [1.82, 2.24) is 0 Å². The van der Waals surface area contributed by atoms with Gasteiger partial charge in [0, 0.05) is 17.4 Å². The van der Waals surface area contributed by atoms with Crippen LogP contribution in [0, 0.1) is 15.5 Å². The van der Waals surface area contributed by atoms with Crippen molar-refractivity contribution in [3.8, 4) is 11.5 Å². The maximum atomic E-state index is 12.1. The first-order valence-electron chi connectivity index (χ1n) is 6.13. The maximum Gasteiger partial charge on any atom is 0.277 e. The Balaban J connectivity index is 3.30. The number of hydrogen-bond donors (Lipinski definition) is 0. The first-order chi connectivity index (χ1) is 9.20. The summed E-state index contributed by atoms with van der Waals surface area (Å²) in [5, 5.41) is 11.1. The Morgan fingerprint density at radius 2 is 1.70 bits per heavy atom. The third kappa shape index (κ3) is 3.46. The summed E-state index contributed by atoms with van der Waals surface area (Å²) in [6, 6.07) is 2.77. The number of methoxy groups -OCH3 is 2. The SMILES string of the molecule is COc1cc(CC(=O)C(C)(C)C)c([N+](=O)[O-])cc1OC. The van der Waals surface area contributed by atoms with E-state index in [1.807, 2.05) is 0 Å². The summed E-state index contributed by atoms with van der Waals surface area (Å²) in [4.78, 5) is 22.7. The molecule has 6 heteroatoms. The van der Waals surface area contributed by atoms with Gasteiger partial charge in [-0.2, -0.15) is 0 Å². The fraction of sp³-hybridized carbons (Fsp3) is 0.500. The van der Waals surface area contributed by atoms with Crippen LogP contribution in [0.25, 0.3) is 0 Å². The summed E-state index contributed by atoms with van der Waals surface area (Å²) in [7, 11) is 2.85. The van der Waals surface area contributed by atoms with Gasteiger partial charge in [0.05, 0.1) is 25.2 Å². The van der Waals surface area contributed by atoms with E-state index in [2.05, 4.69) is 0 Å². The smallest absolute Gasteiger partial charge is 0.277 e. The molecule has 0 atom stereocenters. The van der Waals surface area contributed by atoms with E-state index in [9.17, 15) is 14.9 Å². The number of carbonyl (C=O) groups excluding carboxylic acids is 1. The summed E-state index contributed by atoms with van der Waals surface area (Å²) in [6.07, 6.45) is -0.0137. The molecule has 1 aromatic carbocycles. The van der Waals surface area contributed by atoms with Crippen LogP contribution in [0.5, 0.6) is 11.5 Å². The highest BCUT2D eigenvalue weighted by Gasteiger charge is 2.26. The van der Waals surface area contributed by atoms with Crippen molar-refractivity contribution in [2.75, 3.05) is 14.2 Å². The van der Waals surface area contributed by atoms with Crippen LogP contribution in [0.2, 0.25) is 0 Å². The number of nitro benzene ring substituents is 1. The fourth-order valence-electron chi connectivity index (χ4n) is 1.66. The third-order valence-corrected chi connectivity index (χ3v) is 2.97. The number of carbonyl (C=O) groups is 1. The van der Waals surface area contributed by atoms with Gasteiger partial charge in [0.2, 0.25) is 0 Å². The second kappa shape index (κ2) is 5.90.